The van der Waals surface area contributed by atoms with Crippen molar-refractivity contribution in [3.05, 3.63) is 48.0 Å². The highest BCUT2D eigenvalue weighted by molar-refractivity contribution is 6.00. The lowest BCUT2D eigenvalue weighted by atomic mass is 10.1. The van der Waals surface area contributed by atoms with Crippen LogP contribution in [-0.2, 0) is 23.1 Å². The number of aryl methyl sites for hydroxylation is 2. The van der Waals surface area contributed by atoms with Crippen molar-refractivity contribution in [2.45, 2.75) is 46.3 Å². The van der Waals surface area contributed by atoms with Crippen LogP contribution in [0.1, 0.15) is 38.1 Å². The molecule has 2 aromatic heterocycles. The first kappa shape index (κ1) is 22.8. The van der Waals surface area contributed by atoms with Crippen molar-refractivity contribution in [2.75, 3.05) is 12.4 Å². The van der Waals surface area contributed by atoms with Crippen molar-refractivity contribution in [1.82, 2.24) is 14.1 Å². The third kappa shape index (κ3) is 4.31. The highest BCUT2D eigenvalue weighted by Crippen LogP contribution is 2.34. The van der Waals surface area contributed by atoms with Gasteiger partial charge in [0.1, 0.15) is 0 Å². The minimum absolute atomic E-state index is 0.330. The number of imidazole rings is 1. The van der Waals surface area contributed by atoms with E-state index in [1.54, 1.807) is 12.1 Å². The number of benzene rings is 2. The van der Waals surface area contributed by atoms with E-state index in [2.05, 4.69) is 35.0 Å². The number of rotatable bonds is 6. The molecule has 0 radical (unpaired) electrons. The smallest absolute Gasteiger partial charge is 0.338 e. The second-order valence-corrected chi connectivity index (χ2v) is 8.94. The van der Waals surface area contributed by atoms with Crippen molar-refractivity contribution >= 4 is 33.6 Å². The number of carbonyl (C=O) groups is 1. The molecule has 4 rings (SSSR count). The molecule has 1 unspecified atom stereocenters. The molecule has 1 atom stereocenters. The van der Waals surface area contributed by atoms with Gasteiger partial charge in [0.25, 0.3) is 0 Å². The van der Waals surface area contributed by atoms with Crippen molar-refractivity contribution in [2.24, 2.45) is 7.05 Å². The molecular formula is C25H30N4O4. The van der Waals surface area contributed by atoms with Gasteiger partial charge in [0, 0.05) is 24.5 Å². The number of aliphatic hydroxyl groups excluding tert-OH is 1. The molecule has 0 amide bonds. The molecule has 0 aliphatic heterocycles. The Balaban J connectivity index is 1.91. The number of aliphatic hydroxyl groups is 1. The number of methoxy groups -OCH3 is 1. The van der Waals surface area contributed by atoms with E-state index < -0.39 is 18.0 Å². The van der Waals surface area contributed by atoms with Crippen molar-refractivity contribution in [3.8, 4) is 11.5 Å². The zero-order valence-electron chi connectivity index (χ0n) is 19.8. The molecule has 0 bridgehead atoms. The zero-order chi connectivity index (χ0) is 23.9. The number of hydrogen-bond acceptors (Lipinski definition) is 6. The maximum Gasteiger partial charge on any atom is 0.338 e. The standard InChI is InChI=1S/C25H30N4O4/c1-7-29-19-11-9-8-10-15(19)14-20(29)22-26-17-12-16(23(30)32-6)13-18(21(17)28(22)5)27-24(31)33-25(2,3)4/h8-14,24,27,31H,7H2,1-6H3. The fourth-order valence-electron chi connectivity index (χ4n) is 4.16. The van der Waals surface area contributed by atoms with Crippen LogP contribution in [0.15, 0.2) is 42.5 Å². The second-order valence-electron chi connectivity index (χ2n) is 8.94. The summed E-state index contributed by atoms with van der Waals surface area (Å²) in [5, 5.41) is 14.6. The quantitative estimate of drug-likeness (QED) is 0.332. The average Bonchev–Trinajstić information content (AvgIpc) is 3.28. The summed E-state index contributed by atoms with van der Waals surface area (Å²) < 4.78 is 14.7. The minimum atomic E-state index is -1.28. The van der Waals surface area contributed by atoms with Gasteiger partial charge in [-0.15, -0.1) is 0 Å². The van der Waals surface area contributed by atoms with E-state index in [4.69, 9.17) is 14.5 Å². The highest BCUT2D eigenvalue weighted by atomic mass is 16.6. The van der Waals surface area contributed by atoms with Crippen LogP contribution >= 0.6 is 0 Å². The number of esters is 1. The Kier molecular flexibility index (Phi) is 5.90. The predicted octanol–water partition coefficient (Wildman–Crippen LogP) is 4.50. The first-order valence-electron chi connectivity index (χ1n) is 10.9. The number of carbonyl (C=O) groups excluding carboxylic acids is 1. The Morgan fingerprint density at radius 1 is 1.21 bits per heavy atom. The summed E-state index contributed by atoms with van der Waals surface area (Å²) in [6.45, 7) is 8.43. The first-order valence-corrected chi connectivity index (χ1v) is 10.9. The summed E-state index contributed by atoms with van der Waals surface area (Å²) in [6, 6.07) is 13.7. The lowest BCUT2D eigenvalue weighted by molar-refractivity contribution is -0.148. The Bertz CT molecular complexity index is 1330. The van der Waals surface area contributed by atoms with Gasteiger partial charge in [-0.2, -0.15) is 0 Å². The number of nitrogens with one attached hydrogen (secondary N) is 1. The Morgan fingerprint density at radius 3 is 2.61 bits per heavy atom. The summed E-state index contributed by atoms with van der Waals surface area (Å²) in [5.74, 6) is 0.264. The van der Waals surface area contributed by atoms with Gasteiger partial charge < -0.3 is 29.0 Å². The van der Waals surface area contributed by atoms with Gasteiger partial charge in [-0.05, 0) is 52.0 Å². The minimum Gasteiger partial charge on any atom is -0.465 e. The van der Waals surface area contributed by atoms with E-state index in [9.17, 15) is 9.90 Å². The van der Waals surface area contributed by atoms with Gasteiger partial charge in [-0.25, -0.2) is 9.78 Å². The van der Waals surface area contributed by atoms with Gasteiger partial charge in [0.15, 0.2) is 5.82 Å². The molecule has 0 saturated carbocycles. The number of anilines is 1. The van der Waals surface area contributed by atoms with Crippen LogP contribution in [0, 0.1) is 0 Å². The lowest BCUT2D eigenvalue weighted by Gasteiger charge is -2.25. The van der Waals surface area contributed by atoms with Gasteiger partial charge in [-0.3, -0.25) is 0 Å². The predicted molar refractivity (Wildman–Crippen MR) is 129 cm³/mol. The average molecular weight is 451 g/mol. The fraction of sp³-hybridized carbons (Fsp3) is 0.360. The fourth-order valence-corrected chi connectivity index (χ4v) is 4.16. The molecule has 4 aromatic rings. The molecule has 33 heavy (non-hydrogen) atoms. The summed E-state index contributed by atoms with van der Waals surface area (Å²) in [7, 11) is 3.25. The molecule has 8 heteroatoms. The number of ether oxygens (including phenoxy) is 2. The van der Waals surface area contributed by atoms with Crippen molar-refractivity contribution < 1.29 is 19.4 Å². The van der Waals surface area contributed by atoms with E-state index in [0.717, 1.165) is 34.5 Å². The molecule has 2 heterocycles. The number of nitrogens with zero attached hydrogens (tertiary/aromatic N) is 3. The molecule has 0 saturated heterocycles. The monoisotopic (exact) mass is 450 g/mol. The van der Waals surface area contributed by atoms with E-state index in [0.29, 0.717) is 16.8 Å². The molecule has 0 aliphatic rings. The van der Waals surface area contributed by atoms with Crippen LogP contribution in [0.3, 0.4) is 0 Å². The Labute approximate surface area is 192 Å². The Morgan fingerprint density at radius 2 is 1.94 bits per heavy atom. The number of aromatic nitrogens is 3. The molecule has 8 nitrogen and oxygen atoms in total. The highest BCUT2D eigenvalue weighted by Gasteiger charge is 2.23. The summed E-state index contributed by atoms with van der Waals surface area (Å²) in [4.78, 5) is 17.2. The van der Waals surface area contributed by atoms with E-state index >= 15 is 0 Å². The first-order chi connectivity index (χ1) is 15.6. The van der Waals surface area contributed by atoms with Crippen molar-refractivity contribution in [1.29, 1.82) is 0 Å². The van der Waals surface area contributed by atoms with Gasteiger partial charge in [-0.1, -0.05) is 18.2 Å². The normalized spacial score (nSPS) is 12.9. The van der Waals surface area contributed by atoms with Gasteiger partial charge in [0.2, 0.25) is 6.41 Å². The topological polar surface area (TPSA) is 90.5 Å². The number of hydrogen-bond donors (Lipinski definition) is 2. The lowest BCUT2D eigenvalue weighted by Crippen LogP contribution is -2.32. The van der Waals surface area contributed by atoms with Crippen LogP contribution in [0.4, 0.5) is 5.69 Å². The molecule has 0 spiro atoms. The van der Waals surface area contributed by atoms with Gasteiger partial charge >= 0.3 is 5.97 Å². The van der Waals surface area contributed by atoms with Crippen LogP contribution in [0.5, 0.6) is 0 Å². The summed E-state index contributed by atoms with van der Waals surface area (Å²) in [6.07, 6.45) is -1.28. The maximum atomic E-state index is 12.3. The van der Waals surface area contributed by atoms with Crippen molar-refractivity contribution in [3.63, 3.8) is 0 Å². The van der Waals surface area contributed by atoms with E-state index in [1.807, 2.05) is 44.5 Å². The van der Waals surface area contributed by atoms with E-state index in [1.165, 1.54) is 7.11 Å². The molecular weight excluding hydrogens is 420 g/mol. The number of para-hydroxylation sites is 1. The van der Waals surface area contributed by atoms with E-state index in [-0.39, 0.29) is 0 Å². The largest absolute Gasteiger partial charge is 0.465 e. The molecule has 0 fully saturated rings. The maximum absolute atomic E-state index is 12.3. The van der Waals surface area contributed by atoms with Crippen LogP contribution in [0.2, 0.25) is 0 Å². The molecule has 2 N–H and O–H groups in total. The third-order valence-corrected chi connectivity index (χ3v) is 5.49. The molecule has 0 aliphatic carbocycles. The van der Waals surface area contributed by atoms with Crippen LogP contribution < -0.4 is 5.32 Å². The molecule has 2 aromatic carbocycles. The SMILES string of the molecule is CCn1c(-c2nc3cc(C(=O)OC)cc(NC(O)OC(C)(C)C)c3n2C)cc2ccccc21. The number of fused-ring (bicyclic) bond motifs is 2. The summed E-state index contributed by atoms with van der Waals surface area (Å²) in [5.41, 5.74) is 3.72. The second kappa shape index (κ2) is 8.53. The van der Waals surface area contributed by atoms with Gasteiger partial charge in [0.05, 0.1) is 40.7 Å². The van der Waals surface area contributed by atoms with Crippen LogP contribution in [0.25, 0.3) is 33.5 Å². The summed E-state index contributed by atoms with van der Waals surface area (Å²) >= 11 is 0. The Hall–Kier alpha value is -3.36. The zero-order valence-corrected chi connectivity index (χ0v) is 19.8. The molecule has 174 valence electrons. The van der Waals surface area contributed by atoms with Crippen LogP contribution in [-0.4, -0.2) is 44.3 Å². The third-order valence-electron chi connectivity index (χ3n) is 5.49.